The molecule has 0 heterocycles. The Morgan fingerprint density at radius 2 is 2.00 bits per heavy atom. The molecule has 11 heavy (non-hydrogen) atoms. The molecule has 0 aromatic heterocycles. The van der Waals surface area contributed by atoms with Gasteiger partial charge in [0.25, 0.3) is 0 Å². The van der Waals surface area contributed by atoms with Gasteiger partial charge in [-0.25, -0.2) is 4.21 Å². The third-order valence-corrected chi connectivity index (χ3v) is 3.09. The summed E-state index contributed by atoms with van der Waals surface area (Å²) in [7, 11) is -1.12. The van der Waals surface area contributed by atoms with E-state index in [1.165, 1.54) is 0 Å². The largest absolute Gasteiger partial charge is 1.00 e. The second-order valence-corrected chi connectivity index (χ2v) is 9.60. The summed E-state index contributed by atoms with van der Waals surface area (Å²) < 4.78 is 24.1. The Bertz CT molecular complexity index is 130. The topological polar surface area (TPSA) is 49.4 Å². The monoisotopic (exact) mass is 205 g/mol. The van der Waals surface area contributed by atoms with E-state index >= 15 is 0 Å². The zero-order valence-electron chi connectivity index (χ0n) is 8.55. The fourth-order valence-electron chi connectivity index (χ4n) is 0.416. The van der Waals surface area contributed by atoms with Gasteiger partial charge in [-0.15, -0.1) is 0 Å². The van der Waals surface area contributed by atoms with Crippen LogP contribution in [0.25, 0.3) is 0 Å². The number of rotatable bonds is 4. The molecule has 0 spiro atoms. The molecule has 1 atom stereocenters. The molecule has 0 aliphatic heterocycles. The second kappa shape index (κ2) is 6.77. The summed E-state index contributed by atoms with van der Waals surface area (Å²) in [4.78, 5) is 0. The summed E-state index contributed by atoms with van der Waals surface area (Å²) in [6.07, 6.45) is 0. The minimum Gasteiger partial charge on any atom is -1.00 e. The Labute approximate surface area is 95.2 Å². The fourth-order valence-corrected chi connectivity index (χ4v) is 1.50. The SMILES string of the molecule is C[Si](C)(C)CCOS(=O)[O-].[H-].[Na+]. The van der Waals surface area contributed by atoms with Gasteiger partial charge in [-0.2, -0.15) is 0 Å². The van der Waals surface area contributed by atoms with Crippen molar-refractivity contribution in [1.82, 2.24) is 0 Å². The quantitative estimate of drug-likeness (QED) is 0.404. The van der Waals surface area contributed by atoms with Crippen LogP contribution in [0.1, 0.15) is 1.43 Å². The smallest absolute Gasteiger partial charge is 1.00 e. The maximum atomic E-state index is 9.88. The molecule has 0 aliphatic rings. The average Bonchev–Trinajstić information content (AvgIpc) is 1.59. The van der Waals surface area contributed by atoms with Gasteiger partial charge in [0.05, 0.1) is 18.0 Å². The van der Waals surface area contributed by atoms with Crippen molar-refractivity contribution in [1.29, 1.82) is 0 Å². The molecule has 1 unspecified atom stereocenters. The number of hydrogen-bond acceptors (Lipinski definition) is 3. The molecule has 0 aliphatic carbocycles. The van der Waals surface area contributed by atoms with Crippen molar-refractivity contribution in [3.8, 4) is 0 Å². The minimum atomic E-state index is -2.33. The number of hydrogen-bond donors (Lipinski definition) is 0. The van der Waals surface area contributed by atoms with Crippen molar-refractivity contribution in [2.45, 2.75) is 25.7 Å². The van der Waals surface area contributed by atoms with E-state index in [4.69, 9.17) is 0 Å². The van der Waals surface area contributed by atoms with Crippen LogP contribution >= 0.6 is 0 Å². The van der Waals surface area contributed by atoms with Crippen LogP contribution in [0, 0.1) is 0 Å². The van der Waals surface area contributed by atoms with Gasteiger partial charge in [0.1, 0.15) is 0 Å². The Hall–Kier alpha value is 1.29. The standard InChI is InChI=1S/C5H14O3SSi.Na.H/c1-10(2,3)5-4-8-9(6)7;;/h4-5H2,1-3H3,(H,6,7);;/q;+1;-1/p-1. The Kier molecular flexibility index (Phi) is 9.10. The molecule has 0 radical (unpaired) electrons. The Morgan fingerprint density at radius 1 is 1.55 bits per heavy atom. The van der Waals surface area contributed by atoms with Gasteiger partial charge >= 0.3 is 29.6 Å². The van der Waals surface area contributed by atoms with E-state index in [0.29, 0.717) is 6.61 Å². The van der Waals surface area contributed by atoms with E-state index in [2.05, 4.69) is 23.8 Å². The summed E-state index contributed by atoms with van der Waals surface area (Å²) in [6, 6.07) is 0.890. The van der Waals surface area contributed by atoms with E-state index < -0.39 is 19.4 Å². The van der Waals surface area contributed by atoms with Crippen LogP contribution in [-0.4, -0.2) is 23.4 Å². The first-order valence-electron chi connectivity index (χ1n) is 3.14. The van der Waals surface area contributed by atoms with Crippen molar-refractivity contribution in [3.05, 3.63) is 0 Å². The summed E-state index contributed by atoms with van der Waals surface area (Å²) in [5, 5.41) is 0. The fraction of sp³-hybridized carbons (Fsp3) is 1.00. The van der Waals surface area contributed by atoms with Gasteiger partial charge < -0.3 is 10.2 Å². The predicted octanol–water partition coefficient (Wildman–Crippen LogP) is -1.75. The van der Waals surface area contributed by atoms with Crippen LogP contribution in [0.4, 0.5) is 0 Å². The first-order valence-corrected chi connectivity index (χ1v) is 7.85. The van der Waals surface area contributed by atoms with Crippen molar-refractivity contribution in [2.75, 3.05) is 6.61 Å². The van der Waals surface area contributed by atoms with Gasteiger partial charge in [-0.05, 0) is 6.04 Å². The molecule has 0 N–H and O–H groups in total. The molecule has 0 aromatic carbocycles. The molecule has 64 valence electrons. The van der Waals surface area contributed by atoms with Crippen LogP contribution in [0.15, 0.2) is 0 Å². The van der Waals surface area contributed by atoms with Crippen LogP contribution in [0.2, 0.25) is 25.7 Å². The molecule has 6 heteroatoms. The van der Waals surface area contributed by atoms with Gasteiger partial charge in [0, 0.05) is 8.07 Å². The van der Waals surface area contributed by atoms with Gasteiger partial charge in [0.2, 0.25) is 0 Å². The molecule has 0 saturated heterocycles. The average molecular weight is 205 g/mol. The van der Waals surface area contributed by atoms with Crippen LogP contribution in [0.3, 0.4) is 0 Å². The minimum absolute atomic E-state index is 0. The molecule has 3 nitrogen and oxygen atoms in total. The van der Waals surface area contributed by atoms with Gasteiger partial charge in [-0.3, -0.25) is 0 Å². The van der Waals surface area contributed by atoms with Crippen molar-refractivity contribution in [3.63, 3.8) is 0 Å². The molecule has 0 fully saturated rings. The van der Waals surface area contributed by atoms with Gasteiger partial charge in [0.15, 0.2) is 0 Å². The molecule has 0 saturated carbocycles. The Balaban J connectivity index is -0.000000405. The normalized spacial score (nSPS) is 13.8. The van der Waals surface area contributed by atoms with Crippen LogP contribution in [0.5, 0.6) is 0 Å². The first-order chi connectivity index (χ1) is 4.42. The molecule has 0 bridgehead atoms. The van der Waals surface area contributed by atoms with E-state index in [0.717, 1.165) is 6.04 Å². The zero-order valence-corrected chi connectivity index (χ0v) is 11.4. The van der Waals surface area contributed by atoms with Crippen LogP contribution < -0.4 is 29.6 Å². The molecule has 0 rings (SSSR count). The first kappa shape index (κ1) is 14.8. The maximum absolute atomic E-state index is 9.88. The van der Waals surface area contributed by atoms with E-state index in [9.17, 15) is 8.76 Å². The van der Waals surface area contributed by atoms with E-state index in [1.807, 2.05) is 0 Å². The Morgan fingerprint density at radius 3 is 2.27 bits per heavy atom. The third-order valence-electron chi connectivity index (χ3n) is 1.03. The predicted molar refractivity (Wildman–Crippen MR) is 44.1 cm³/mol. The summed E-state index contributed by atoms with van der Waals surface area (Å²) in [5.74, 6) is 0. The van der Waals surface area contributed by atoms with E-state index in [1.54, 1.807) is 0 Å². The third kappa shape index (κ3) is 14.2. The molecular weight excluding hydrogens is 191 g/mol. The molecule has 0 aromatic rings. The zero-order chi connectivity index (χ0) is 8.20. The molecular formula is C5H14NaO3SSi-. The van der Waals surface area contributed by atoms with Crippen molar-refractivity contribution < 1.29 is 43.9 Å². The van der Waals surface area contributed by atoms with E-state index in [-0.39, 0.29) is 31.0 Å². The second-order valence-electron chi connectivity index (χ2n) is 3.34. The van der Waals surface area contributed by atoms with Gasteiger partial charge in [-0.1, -0.05) is 19.6 Å². The summed E-state index contributed by atoms with van der Waals surface area (Å²) in [5.41, 5.74) is 0. The summed E-state index contributed by atoms with van der Waals surface area (Å²) in [6.45, 7) is 6.85. The maximum Gasteiger partial charge on any atom is 1.00 e. The van der Waals surface area contributed by atoms with Crippen molar-refractivity contribution >= 4 is 19.4 Å². The van der Waals surface area contributed by atoms with Crippen LogP contribution in [-0.2, 0) is 15.5 Å². The molecule has 0 amide bonds. The van der Waals surface area contributed by atoms with Crippen molar-refractivity contribution in [2.24, 2.45) is 0 Å². The summed E-state index contributed by atoms with van der Waals surface area (Å²) >= 11 is -2.33.